The maximum atomic E-state index is 12.3. The molecule has 298 valence electrons. The van der Waals surface area contributed by atoms with E-state index in [0.29, 0.717) is 67.6 Å². The van der Waals surface area contributed by atoms with Crippen LogP contribution in [0.5, 0.6) is 0 Å². The zero-order valence-electron chi connectivity index (χ0n) is 36.2. The number of esters is 2. The Morgan fingerprint density at radius 3 is 1.14 bits per heavy atom. The number of ether oxygens (including phenoxy) is 2. The molecule has 0 rings (SSSR count). The van der Waals surface area contributed by atoms with Gasteiger partial charge in [-0.25, -0.2) is 0 Å². The number of hydrogen-bond donors (Lipinski definition) is 0. The van der Waals surface area contributed by atoms with Crippen molar-refractivity contribution in [1.82, 2.24) is 4.90 Å². The SMILES string of the molecule is CC(C)CCC(COC(=O)CCCCCCCCCC(CCCCCCCCCC(=O)OCC(CCC(C)C)C(C)C)[N-]CN(C)C)C(C)C.[K+]. The molecule has 0 aromatic heterocycles. The number of rotatable bonds is 35. The second-order valence-electron chi connectivity index (χ2n) is 17.4. The molecule has 0 heterocycles. The smallest absolute Gasteiger partial charge is 0.647 e. The molecule has 51 heavy (non-hydrogen) atoms. The molecule has 2 atom stereocenters. The van der Waals surface area contributed by atoms with Crippen molar-refractivity contribution in [2.24, 2.45) is 35.5 Å². The van der Waals surface area contributed by atoms with E-state index in [1.807, 2.05) is 0 Å². The first-order chi connectivity index (χ1) is 23.8. The van der Waals surface area contributed by atoms with Crippen molar-refractivity contribution in [1.29, 1.82) is 0 Å². The van der Waals surface area contributed by atoms with Crippen LogP contribution in [0, 0.1) is 35.5 Å². The fourth-order valence-electron chi connectivity index (χ4n) is 6.53. The van der Waals surface area contributed by atoms with Gasteiger partial charge in [-0.15, -0.1) is 6.04 Å². The van der Waals surface area contributed by atoms with Gasteiger partial charge < -0.3 is 19.7 Å². The van der Waals surface area contributed by atoms with Crippen LogP contribution < -0.4 is 51.4 Å². The number of hydrogen-bond acceptors (Lipinski definition) is 5. The summed E-state index contributed by atoms with van der Waals surface area (Å²) >= 11 is 0. The van der Waals surface area contributed by atoms with Crippen LogP contribution in [0.1, 0.15) is 197 Å². The van der Waals surface area contributed by atoms with Gasteiger partial charge >= 0.3 is 63.3 Å². The summed E-state index contributed by atoms with van der Waals surface area (Å²) in [5.74, 6) is 3.46. The van der Waals surface area contributed by atoms with Crippen LogP contribution in [-0.4, -0.2) is 56.9 Å². The molecular formula is C44H87KN2O4. The van der Waals surface area contributed by atoms with Crippen LogP contribution in [0.4, 0.5) is 0 Å². The first kappa shape index (κ1) is 53.6. The van der Waals surface area contributed by atoms with E-state index < -0.39 is 0 Å². The van der Waals surface area contributed by atoms with Crippen molar-refractivity contribution in [2.75, 3.05) is 34.0 Å². The number of carbonyl (C=O) groups is 2. The van der Waals surface area contributed by atoms with Gasteiger partial charge in [-0.3, -0.25) is 9.59 Å². The third-order valence-corrected chi connectivity index (χ3v) is 10.5. The van der Waals surface area contributed by atoms with Crippen molar-refractivity contribution in [2.45, 2.75) is 203 Å². The molecule has 0 saturated heterocycles. The maximum absolute atomic E-state index is 12.3. The third-order valence-electron chi connectivity index (χ3n) is 10.5. The number of carbonyl (C=O) groups excluding carboxylic acids is 2. The van der Waals surface area contributed by atoms with E-state index in [1.54, 1.807) is 0 Å². The molecule has 6 nitrogen and oxygen atoms in total. The van der Waals surface area contributed by atoms with Crippen LogP contribution >= 0.6 is 0 Å². The van der Waals surface area contributed by atoms with Crippen LogP contribution in [-0.2, 0) is 19.1 Å². The topological polar surface area (TPSA) is 69.9 Å². The summed E-state index contributed by atoms with van der Waals surface area (Å²) in [5, 5.41) is 5.02. The van der Waals surface area contributed by atoms with Gasteiger partial charge in [0.1, 0.15) is 0 Å². The number of nitrogens with zero attached hydrogens (tertiary/aromatic N) is 2. The Morgan fingerprint density at radius 1 is 0.490 bits per heavy atom. The average molecular weight is 747 g/mol. The normalized spacial score (nSPS) is 13.6. The fourth-order valence-corrected chi connectivity index (χ4v) is 6.53. The predicted molar refractivity (Wildman–Crippen MR) is 216 cm³/mol. The minimum absolute atomic E-state index is 0. The number of unbranched alkanes of at least 4 members (excludes halogenated alkanes) is 12. The van der Waals surface area contributed by atoms with Crippen molar-refractivity contribution in [3.05, 3.63) is 5.32 Å². The largest absolute Gasteiger partial charge is 1.00 e. The van der Waals surface area contributed by atoms with Crippen LogP contribution in [0.25, 0.3) is 5.32 Å². The Kier molecular flexibility index (Phi) is 38.0. The molecule has 7 heteroatoms. The molecule has 0 N–H and O–H groups in total. The Hall–Kier alpha value is 0.496. The van der Waals surface area contributed by atoms with Crippen LogP contribution in [0.15, 0.2) is 0 Å². The molecule has 0 aromatic rings. The molecule has 0 saturated carbocycles. The zero-order chi connectivity index (χ0) is 37.6. The summed E-state index contributed by atoms with van der Waals surface area (Å²) in [6.07, 6.45) is 25.0. The Morgan fingerprint density at radius 2 is 0.824 bits per heavy atom. The summed E-state index contributed by atoms with van der Waals surface area (Å²) in [5.41, 5.74) is 0. The summed E-state index contributed by atoms with van der Waals surface area (Å²) in [7, 11) is 4.21. The van der Waals surface area contributed by atoms with Crippen molar-refractivity contribution in [3.8, 4) is 0 Å². The van der Waals surface area contributed by atoms with Gasteiger partial charge in [0, 0.05) is 12.8 Å². The zero-order valence-corrected chi connectivity index (χ0v) is 39.4. The van der Waals surface area contributed by atoms with Gasteiger partial charge in [-0.2, -0.15) is 0 Å². The quantitative estimate of drug-likeness (QED) is 0.0367. The second-order valence-corrected chi connectivity index (χ2v) is 17.4. The summed E-state index contributed by atoms with van der Waals surface area (Å²) < 4.78 is 11.3. The van der Waals surface area contributed by atoms with Gasteiger partial charge in [0.05, 0.1) is 13.2 Å². The average Bonchev–Trinajstić information content (AvgIpc) is 3.04. The van der Waals surface area contributed by atoms with Gasteiger partial charge in [0.25, 0.3) is 0 Å². The summed E-state index contributed by atoms with van der Waals surface area (Å²) in [4.78, 5) is 26.7. The molecule has 0 bridgehead atoms. The van der Waals surface area contributed by atoms with E-state index in [9.17, 15) is 9.59 Å². The van der Waals surface area contributed by atoms with Gasteiger partial charge in [-0.1, -0.05) is 165 Å². The summed E-state index contributed by atoms with van der Waals surface area (Å²) in [6.45, 7) is 20.0. The van der Waals surface area contributed by atoms with E-state index in [0.717, 1.165) is 45.2 Å². The molecule has 0 spiro atoms. The Bertz CT molecular complexity index is 731. The van der Waals surface area contributed by atoms with E-state index in [1.165, 1.54) is 89.9 Å². The van der Waals surface area contributed by atoms with Crippen molar-refractivity contribution < 1.29 is 70.4 Å². The first-order valence-electron chi connectivity index (χ1n) is 21.4. The van der Waals surface area contributed by atoms with Crippen molar-refractivity contribution >= 4 is 11.9 Å². The minimum atomic E-state index is -0.00960. The Labute approximate surface area is 361 Å². The first-order valence-corrected chi connectivity index (χ1v) is 21.4. The van der Waals surface area contributed by atoms with E-state index in [2.05, 4.69) is 74.4 Å². The molecule has 0 radical (unpaired) electrons. The fraction of sp³-hybridized carbons (Fsp3) is 0.955. The van der Waals surface area contributed by atoms with Crippen molar-refractivity contribution in [3.63, 3.8) is 0 Å². The van der Waals surface area contributed by atoms with E-state index >= 15 is 0 Å². The van der Waals surface area contributed by atoms with E-state index in [-0.39, 0.29) is 63.3 Å². The molecule has 0 fully saturated rings. The minimum Gasteiger partial charge on any atom is -0.647 e. The predicted octanol–water partition coefficient (Wildman–Crippen LogP) is 9.78. The molecular weight excluding hydrogens is 660 g/mol. The summed E-state index contributed by atoms with van der Waals surface area (Å²) in [6, 6.07) is 0.482. The molecule has 0 amide bonds. The van der Waals surface area contributed by atoms with Gasteiger partial charge in [-0.05, 0) is 75.3 Å². The second kappa shape index (κ2) is 36.2. The molecule has 0 aliphatic heterocycles. The monoisotopic (exact) mass is 747 g/mol. The van der Waals surface area contributed by atoms with Crippen LogP contribution in [0.3, 0.4) is 0 Å². The maximum Gasteiger partial charge on any atom is 1.00 e. The molecule has 0 aromatic carbocycles. The Balaban J connectivity index is 0. The molecule has 0 aliphatic rings. The van der Waals surface area contributed by atoms with Crippen LogP contribution in [0.2, 0.25) is 0 Å². The van der Waals surface area contributed by atoms with Gasteiger partial charge in [0.2, 0.25) is 0 Å². The van der Waals surface area contributed by atoms with E-state index in [4.69, 9.17) is 14.8 Å². The van der Waals surface area contributed by atoms with Gasteiger partial charge in [0.15, 0.2) is 0 Å². The molecule has 0 aliphatic carbocycles. The third kappa shape index (κ3) is 35.9. The standard InChI is InChI=1S/C44H87N2O4.K/c1-36(2)29-31-40(38(5)6)33-49-43(47)27-23-19-15-11-13-17-21-25-42(45-35-46(9)10)26-22-18-14-12-16-20-24-28-44(48)50-34-41(39(7)8)32-30-37(3)4;/h36-42H,11-35H2,1-10H3;/q-1;+1. The molecule has 2 unspecified atom stereocenters.